The van der Waals surface area contributed by atoms with Crippen molar-refractivity contribution in [2.75, 3.05) is 5.32 Å². The molecular formula is C23H16ClF5N4O2. The number of nitrogens with one attached hydrogen (secondary N) is 2. The predicted molar refractivity (Wildman–Crippen MR) is 116 cm³/mol. The normalized spacial score (nSPS) is 14.7. The monoisotopic (exact) mass is 510 g/mol. The van der Waals surface area contributed by atoms with E-state index in [2.05, 4.69) is 10.6 Å². The predicted octanol–water partition coefficient (Wildman–Crippen LogP) is 5.09. The van der Waals surface area contributed by atoms with Gasteiger partial charge in [0.1, 0.15) is 29.9 Å². The maximum atomic E-state index is 13.6. The average Bonchev–Trinajstić information content (AvgIpc) is 3.11. The van der Waals surface area contributed by atoms with Crippen molar-refractivity contribution in [3.63, 3.8) is 0 Å². The van der Waals surface area contributed by atoms with Crippen molar-refractivity contribution in [3.05, 3.63) is 87.2 Å². The van der Waals surface area contributed by atoms with E-state index in [1.165, 1.54) is 35.8 Å². The van der Waals surface area contributed by atoms with E-state index in [-0.39, 0.29) is 28.7 Å². The summed E-state index contributed by atoms with van der Waals surface area (Å²) < 4.78 is 63.5. The first kappa shape index (κ1) is 25.7. The first-order valence-electron chi connectivity index (χ1n) is 9.87. The van der Waals surface area contributed by atoms with E-state index in [1.54, 1.807) is 0 Å². The number of anilines is 1. The van der Waals surface area contributed by atoms with Crippen LogP contribution in [0.2, 0.25) is 5.02 Å². The van der Waals surface area contributed by atoms with E-state index in [9.17, 15) is 36.8 Å². The van der Waals surface area contributed by atoms with Crippen LogP contribution in [0.4, 0.5) is 27.6 Å². The Labute approximate surface area is 200 Å². The molecular weight excluding hydrogens is 495 g/mol. The minimum absolute atomic E-state index is 0.0673. The molecule has 1 aliphatic rings. The number of hydrogen-bond donors (Lipinski definition) is 2. The van der Waals surface area contributed by atoms with Crippen LogP contribution in [0, 0.1) is 29.9 Å². The fourth-order valence-corrected chi connectivity index (χ4v) is 3.82. The third-order valence-corrected chi connectivity index (χ3v) is 5.33. The van der Waals surface area contributed by atoms with Gasteiger partial charge in [-0.1, -0.05) is 11.6 Å². The number of alkyl halides is 3. The molecule has 35 heavy (non-hydrogen) atoms. The summed E-state index contributed by atoms with van der Waals surface area (Å²) in [6.07, 6.45) is -4.00. The zero-order chi connectivity index (χ0) is 25.9. The van der Waals surface area contributed by atoms with Crippen molar-refractivity contribution < 1.29 is 31.5 Å². The number of halogens is 6. The number of aryl methyl sites for hydroxylation is 1. The van der Waals surface area contributed by atoms with Crippen LogP contribution in [0.1, 0.15) is 34.1 Å². The molecule has 1 atom stereocenters. The van der Waals surface area contributed by atoms with Crippen molar-refractivity contribution in [2.45, 2.75) is 25.7 Å². The summed E-state index contributed by atoms with van der Waals surface area (Å²) in [6, 6.07) is 8.91. The third kappa shape index (κ3) is 5.78. The molecule has 4 rings (SSSR count). The number of nitrogens with zero attached hydrogens (tertiary/aromatic N) is 2. The Morgan fingerprint density at radius 3 is 2.49 bits per heavy atom. The molecule has 1 unspecified atom stereocenters. The lowest BCUT2D eigenvalue weighted by atomic mass is 10.0. The van der Waals surface area contributed by atoms with Gasteiger partial charge in [0.15, 0.2) is 0 Å². The van der Waals surface area contributed by atoms with Crippen LogP contribution in [-0.4, -0.2) is 16.9 Å². The standard InChI is InChI=1S/C15H10ClFN4O2.C8H6F4/c16-11-2-1-8(17)3-10(11)14-15-12(19-7-22)4-9(5-18)21(15)6-13(23)20-14;1-5-2-6(8(10,11)12)4-7(9)3-5/h1-4,7,14H,6H2,(H,19,22)(H,20,23);2-4H,1H3. The lowest BCUT2D eigenvalue weighted by Crippen LogP contribution is -2.39. The zero-order valence-electron chi connectivity index (χ0n) is 17.9. The summed E-state index contributed by atoms with van der Waals surface area (Å²) in [7, 11) is 0. The number of rotatable bonds is 3. The van der Waals surface area contributed by atoms with Crippen LogP contribution in [-0.2, 0) is 22.3 Å². The van der Waals surface area contributed by atoms with E-state index in [0.29, 0.717) is 29.4 Å². The van der Waals surface area contributed by atoms with E-state index >= 15 is 0 Å². The number of nitriles is 1. The van der Waals surface area contributed by atoms with Gasteiger partial charge in [0.2, 0.25) is 12.3 Å². The van der Waals surface area contributed by atoms with Crippen LogP contribution < -0.4 is 10.6 Å². The molecule has 12 heteroatoms. The first-order chi connectivity index (χ1) is 16.4. The Morgan fingerprint density at radius 2 is 1.89 bits per heavy atom. The Kier molecular flexibility index (Phi) is 7.45. The smallest absolute Gasteiger partial charge is 0.342 e. The Hall–Kier alpha value is -3.91. The lowest BCUT2D eigenvalue weighted by molar-refractivity contribution is -0.137. The second-order valence-electron chi connectivity index (χ2n) is 7.47. The molecule has 0 aliphatic carbocycles. The first-order valence-corrected chi connectivity index (χ1v) is 10.2. The average molecular weight is 511 g/mol. The number of amides is 2. The minimum atomic E-state index is -4.47. The summed E-state index contributed by atoms with van der Waals surface area (Å²) >= 11 is 6.13. The van der Waals surface area contributed by atoms with Gasteiger partial charge in [-0.25, -0.2) is 8.78 Å². The lowest BCUT2D eigenvalue weighted by Gasteiger charge is -2.28. The second-order valence-corrected chi connectivity index (χ2v) is 7.88. The molecule has 2 amide bonds. The molecule has 0 spiro atoms. The van der Waals surface area contributed by atoms with Crippen LogP contribution in [0.3, 0.4) is 0 Å². The van der Waals surface area contributed by atoms with Crippen molar-refractivity contribution in [3.8, 4) is 6.07 Å². The number of hydrogen-bond acceptors (Lipinski definition) is 3. The topological polar surface area (TPSA) is 86.9 Å². The number of carbonyl (C=O) groups excluding carboxylic acids is 2. The van der Waals surface area contributed by atoms with E-state index < -0.39 is 29.4 Å². The molecule has 2 aromatic carbocycles. The second kappa shape index (κ2) is 10.1. The number of benzene rings is 2. The number of carbonyl (C=O) groups is 2. The summed E-state index contributed by atoms with van der Waals surface area (Å²) in [6.45, 7) is 1.35. The summed E-state index contributed by atoms with van der Waals surface area (Å²) in [4.78, 5) is 22.8. The zero-order valence-corrected chi connectivity index (χ0v) is 18.6. The van der Waals surface area contributed by atoms with Crippen LogP contribution in [0.15, 0.2) is 42.5 Å². The number of aromatic nitrogens is 1. The van der Waals surface area contributed by atoms with Gasteiger partial charge in [0, 0.05) is 10.6 Å². The highest BCUT2D eigenvalue weighted by molar-refractivity contribution is 6.31. The van der Waals surface area contributed by atoms with Crippen molar-refractivity contribution >= 4 is 29.6 Å². The fourth-order valence-electron chi connectivity index (χ4n) is 3.60. The quantitative estimate of drug-likeness (QED) is 0.380. The van der Waals surface area contributed by atoms with E-state index in [1.807, 2.05) is 6.07 Å². The Morgan fingerprint density at radius 1 is 1.17 bits per heavy atom. The molecule has 0 saturated carbocycles. The van der Waals surface area contributed by atoms with E-state index in [0.717, 1.165) is 12.1 Å². The van der Waals surface area contributed by atoms with Gasteiger partial charge < -0.3 is 15.2 Å². The highest BCUT2D eigenvalue weighted by Gasteiger charge is 2.33. The summed E-state index contributed by atoms with van der Waals surface area (Å²) in [5.41, 5.74) is 0.721. The Bertz CT molecular complexity index is 1310. The molecule has 182 valence electrons. The molecule has 0 bridgehead atoms. The van der Waals surface area contributed by atoms with Crippen molar-refractivity contribution in [1.82, 2.24) is 9.88 Å². The van der Waals surface area contributed by atoms with Crippen LogP contribution in [0.5, 0.6) is 0 Å². The maximum Gasteiger partial charge on any atom is 0.416 e. The molecule has 3 aromatic rings. The van der Waals surface area contributed by atoms with Gasteiger partial charge in [0.25, 0.3) is 0 Å². The fraction of sp³-hybridized carbons (Fsp3) is 0.174. The van der Waals surface area contributed by atoms with Gasteiger partial charge in [0.05, 0.1) is 23.0 Å². The third-order valence-electron chi connectivity index (χ3n) is 4.99. The SMILES string of the molecule is Cc1cc(F)cc(C(F)(F)F)c1.N#Cc1cc(NC=O)c2n1CC(=O)NC2c1cc(F)ccc1Cl. The maximum absolute atomic E-state index is 13.6. The largest absolute Gasteiger partial charge is 0.416 e. The van der Waals surface area contributed by atoms with Crippen LogP contribution >= 0.6 is 11.6 Å². The van der Waals surface area contributed by atoms with Gasteiger partial charge >= 0.3 is 6.18 Å². The van der Waals surface area contributed by atoms with Crippen LogP contribution in [0.25, 0.3) is 0 Å². The molecule has 0 saturated heterocycles. The molecule has 1 aliphatic heterocycles. The minimum Gasteiger partial charge on any atom is -0.342 e. The molecule has 6 nitrogen and oxygen atoms in total. The molecule has 0 radical (unpaired) electrons. The van der Waals surface area contributed by atoms with Gasteiger partial charge in [-0.05, 0) is 55.0 Å². The van der Waals surface area contributed by atoms with Gasteiger partial charge in [-0.15, -0.1) is 0 Å². The van der Waals surface area contributed by atoms with Gasteiger partial charge in [-0.3, -0.25) is 9.59 Å². The van der Waals surface area contributed by atoms with Gasteiger partial charge in [-0.2, -0.15) is 18.4 Å². The molecule has 1 aromatic heterocycles. The molecule has 0 fully saturated rings. The van der Waals surface area contributed by atoms with E-state index in [4.69, 9.17) is 11.6 Å². The summed E-state index contributed by atoms with van der Waals surface area (Å²) in [5, 5.41) is 14.7. The molecule has 2 N–H and O–H groups in total. The number of fused-ring (bicyclic) bond motifs is 1. The summed E-state index contributed by atoms with van der Waals surface area (Å²) in [5.74, 6) is -1.71. The molecule has 2 heterocycles. The Balaban J connectivity index is 0.000000241. The van der Waals surface area contributed by atoms with Crippen molar-refractivity contribution in [2.24, 2.45) is 0 Å². The highest BCUT2D eigenvalue weighted by atomic mass is 35.5. The van der Waals surface area contributed by atoms with Crippen molar-refractivity contribution in [1.29, 1.82) is 5.26 Å². The highest BCUT2D eigenvalue weighted by Crippen LogP contribution is 2.37.